The molecule has 2 amide bonds. The highest BCUT2D eigenvalue weighted by Crippen LogP contribution is 2.33. The topological polar surface area (TPSA) is 70.7 Å². The summed E-state index contributed by atoms with van der Waals surface area (Å²) in [5, 5.41) is 5.73. The number of anilines is 2. The number of para-hydroxylation sites is 2. The maximum atomic E-state index is 13.8. The lowest BCUT2D eigenvalue weighted by atomic mass is 10.1. The average Bonchev–Trinajstić information content (AvgIpc) is 2.74. The number of carbonyl (C=O) groups excluding carboxylic acids is 2. The minimum absolute atomic E-state index is 0.0185. The lowest BCUT2D eigenvalue weighted by molar-refractivity contribution is -0.129. The highest BCUT2D eigenvalue weighted by atomic mass is 19.1. The first-order valence-corrected chi connectivity index (χ1v) is 10.3. The van der Waals surface area contributed by atoms with Crippen LogP contribution in [0.3, 0.4) is 0 Å². The molecule has 0 radical (unpaired) electrons. The largest absolute Gasteiger partial charge is 0.477 e. The van der Waals surface area contributed by atoms with Crippen molar-refractivity contribution in [3.8, 4) is 5.75 Å². The van der Waals surface area contributed by atoms with Gasteiger partial charge in [-0.2, -0.15) is 0 Å². The fraction of sp³-hybridized carbons (Fsp3) is 0.391. The minimum atomic E-state index is -0.717. The van der Waals surface area contributed by atoms with Crippen LogP contribution in [0.4, 0.5) is 15.8 Å². The van der Waals surface area contributed by atoms with E-state index in [9.17, 15) is 14.0 Å². The second-order valence-corrected chi connectivity index (χ2v) is 7.49. The first-order valence-electron chi connectivity index (χ1n) is 10.3. The zero-order valence-corrected chi connectivity index (χ0v) is 17.6. The Hall–Kier alpha value is -3.09. The molecule has 7 heteroatoms. The van der Waals surface area contributed by atoms with E-state index in [1.54, 1.807) is 25.1 Å². The molecular formula is C23H28FN3O3. The normalized spacial score (nSPS) is 15.4. The summed E-state index contributed by atoms with van der Waals surface area (Å²) in [6.45, 7) is 5.98. The van der Waals surface area contributed by atoms with E-state index >= 15 is 0 Å². The molecule has 1 atom stereocenters. The Morgan fingerprint density at radius 3 is 2.63 bits per heavy atom. The molecule has 160 valence electrons. The quantitative estimate of drug-likeness (QED) is 0.727. The smallest absolute Gasteiger partial charge is 0.263 e. The van der Waals surface area contributed by atoms with Gasteiger partial charge in [0.1, 0.15) is 11.6 Å². The van der Waals surface area contributed by atoms with E-state index in [4.69, 9.17) is 4.74 Å². The second-order valence-electron chi connectivity index (χ2n) is 7.49. The number of nitrogens with one attached hydrogen (secondary N) is 2. The molecule has 1 aliphatic rings. The van der Waals surface area contributed by atoms with Crippen LogP contribution in [-0.4, -0.2) is 37.0 Å². The second kappa shape index (κ2) is 9.61. The van der Waals surface area contributed by atoms with Crippen LogP contribution in [0.15, 0.2) is 42.5 Å². The Balaban J connectivity index is 1.72. The van der Waals surface area contributed by atoms with Crippen LogP contribution in [-0.2, 0) is 9.59 Å². The van der Waals surface area contributed by atoms with Crippen molar-refractivity contribution in [2.75, 3.05) is 23.3 Å². The Labute approximate surface area is 176 Å². The van der Waals surface area contributed by atoms with Gasteiger partial charge in [0.25, 0.3) is 5.91 Å². The van der Waals surface area contributed by atoms with Crippen molar-refractivity contribution in [1.29, 1.82) is 0 Å². The van der Waals surface area contributed by atoms with Gasteiger partial charge in [-0.25, -0.2) is 4.39 Å². The van der Waals surface area contributed by atoms with Gasteiger partial charge < -0.3 is 20.3 Å². The summed E-state index contributed by atoms with van der Waals surface area (Å²) in [7, 11) is 0. The molecule has 1 aliphatic heterocycles. The number of nitrogens with zero attached hydrogens (tertiary/aromatic N) is 1. The molecule has 0 bridgehead atoms. The van der Waals surface area contributed by atoms with E-state index in [1.165, 1.54) is 6.07 Å². The monoisotopic (exact) mass is 413 g/mol. The number of aryl methyl sites for hydroxylation is 1. The highest BCUT2D eigenvalue weighted by molar-refractivity contribution is 5.95. The number of hydrogen-bond acceptors (Lipinski definition) is 4. The first kappa shape index (κ1) is 21.6. The molecule has 1 unspecified atom stereocenters. The van der Waals surface area contributed by atoms with Gasteiger partial charge in [0.05, 0.1) is 18.8 Å². The minimum Gasteiger partial charge on any atom is -0.477 e. The fourth-order valence-electron chi connectivity index (χ4n) is 3.42. The summed E-state index contributed by atoms with van der Waals surface area (Å²) in [5.41, 5.74) is 1.66. The lowest BCUT2D eigenvalue weighted by Gasteiger charge is -2.35. The molecular weight excluding hydrogens is 385 g/mol. The summed E-state index contributed by atoms with van der Waals surface area (Å²) in [6.07, 6.45) is 0.959. The van der Waals surface area contributed by atoms with Crippen molar-refractivity contribution in [1.82, 2.24) is 5.32 Å². The van der Waals surface area contributed by atoms with Gasteiger partial charge >= 0.3 is 0 Å². The summed E-state index contributed by atoms with van der Waals surface area (Å²) < 4.78 is 19.7. The summed E-state index contributed by atoms with van der Waals surface area (Å²) >= 11 is 0. The van der Waals surface area contributed by atoms with Crippen molar-refractivity contribution in [3.05, 3.63) is 53.8 Å². The van der Waals surface area contributed by atoms with E-state index in [2.05, 4.69) is 10.6 Å². The number of carbonyl (C=O) groups is 2. The molecule has 0 aromatic heterocycles. The third-order valence-corrected chi connectivity index (χ3v) is 5.28. The predicted octanol–water partition coefficient (Wildman–Crippen LogP) is 3.65. The molecule has 0 saturated carbocycles. The van der Waals surface area contributed by atoms with Crippen molar-refractivity contribution in [3.63, 3.8) is 0 Å². The van der Waals surface area contributed by atoms with Gasteiger partial charge in [-0.1, -0.05) is 32.0 Å². The Bertz CT molecular complexity index is 914. The number of amides is 2. The molecule has 2 aromatic carbocycles. The van der Waals surface area contributed by atoms with Gasteiger partial charge in [-0.3, -0.25) is 9.59 Å². The zero-order chi connectivity index (χ0) is 21.7. The first-order chi connectivity index (χ1) is 14.4. The van der Waals surface area contributed by atoms with Gasteiger partial charge in [0, 0.05) is 11.7 Å². The van der Waals surface area contributed by atoms with Crippen LogP contribution >= 0.6 is 0 Å². The molecule has 0 saturated heterocycles. The van der Waals surface area contributed by atoms with E-state index < -0.39 is 6.10 Å². The van der Waals surface area contributed by atoms with Crippen molar-refractivity contribution in [2.24, 2.45) is 0 Å². The Morgan fingerprint density at radius 2 is 1.93 bits per heavy atom. The van der Waals surface area contributed by atoms with Crippen LogP contribution < -0.4 is 20.3 Å². The third-order valence-electron chi connectivity index (χ3n) is 5.28. The van der Waals surface area contributed by atoms with Crippen LogP contribution in [0.1, 0.15) is 32.3 Å². The number of fused-ring (bicyclic) bond motifs is 1. The van der Waals surface area contributed by atoms with Crippen LogP contribution in [0, 0.1) is 12.7 Å². The van der Waals surface area contributed by atoms with Gasteiger partial charge in [-0.15, -0.1) is 0 Å². The van der Waals surface area contributed by atoms with Gasteiger partial charge in [0.2, 0.25) is 5.91 Å². The molecule has 2 aromatic rings. The van der Waals surface area contributed by atoms with Gasteiger partial charge in [-0.05, 0) is 49.6 Å². The van der Waals surface area contributed by atoms with E-state index in [1.807, 2.05) is 36.9 Å². The van der Waals surface area contributed by atoms with Crippen molar-refractivity contribution < 1.29 is 18.7 Å². The maximum absolute atomic E-state index is 13.8. The molecule has 0 aliphatic carbocycles. The van der Waals surface area contributed by atoms with E-state index in [0.717, 1.165) is 18.5 Å². The summed E-state index contributed by atoms with van der Waals surface area (Å²) in [4.78, 5) is 27.2. The van der Waals surface area contributed by atoms with Crippen molar-refractivity contribution in [2.45, 2.75) is 45.8 Å². The van der Waals surface area contributed by atoms with E-state index in [0.29, 0.717) is 17.0 Å². The van der Waals surface area contributed by atoms with Crippen LogP contribution in [0.2, 0.25) is 0 Å². The molecule has 6 nitrogen and oxygen atoms in total. The molecule has 1 heterocycles. The number of benzene rings is 2. The highest BCUT2D eigenvalue weighted by Gasteiger charge is 2.32. The number of hydrogen-bond donors (Lipinski definition) is 2. The van der Waals surface area contributed by atoms with E-state index in [-0.39, 0.29) is 36.8 Å². The SMILES string of the molecule is CCC(CC)NC(=O)C1CN(CC(=O)Nc2ccc(C)c(F)c2)c2ccccc2O1. The third kappa shape index (κ3) is 5.09. The average molecular weight is 413 g/mol. The molecule has 3 rings (SSSR count). The lowest BCUT2D eigenvalue weighted by Crippen LogP contribution is -2.52. The molecule has 0 fully saturated rings. The zero-order valence-electron chi connectivity index (χ0n) is 17.6. The summed E-state index contributed by atoms with van der Waals surface area (Å²) in [6, 6.07) is 12.0. The Kier molecular flexibility index (Phi) is 6.92. The number of ether oxygens (including phenoxy) is 1. The van der Waals surface area contributed by atoms with Crippen LogP contribution in [0.25, 0.3) is 0 Å². The standard InChI is InChI=1S/C23H28FN3O3/c1-4-16(5-2)26-23(29)21-13-27(19-8-6-7-9-20(19)30-21)14-22(28)25-17-11-10-15(3)18(24)12-17/h6-12,16,21H,4-5,13-14H2,1-3H3,(H,25,28)(H,26,29). The molecule has 2 N–H and O–H groups in total. The molecule has 0 spiro atoms. The number of halogens is 1. The maximum Gasteiger partial charge on any atom is 0.263 e. The summed E-state index contributed by atoms with van der Waals surface area (Å²) in [5.74, 6) is -0.302. The van der Waals surface area contributed by atoms with Gasteiger partial charge in [0.15, 0.2) is 6.10 Å². The van der Waals surface area contributed by atoms with Crippen molar-refractivity contribution >= 4 is 23.2 Å². The Morgan fingerprint density at radius 1 is 1.20 bits per heavy atom. The predicted molar refractivity (Wildman–Crippen MR) is 115 cm³/mol. The number of rotatable bonds is 7. The fourth-order valence-corrected chi connectivity index (χ4v) is 3.42. The van der Waals surface area contributed by atoms with Crippen LogP contribution in [0.5, 0.6) is 5.75 Å². The molecule has 30 heavy (non-hydrogen) atoms.